The van der Waals surface area contributed by atoms with Crippen LogP contribution in [-0.4, -0.2) is 50.7 Å². The van der Waals surface area contributed by atoms with Gasteiger partial charge in [-0.15, -0.1) is 0 Å². The fraction of sp³-hybridized carbons (Fsp3) is 0.360. The fourth-order valence-corrected chi connectivity index (χ4v) is 4.66. The second kappa shape index (κ2) is 9.54. The Morgan fingerprint density at radius 1 is 1.00 bits per heavy atom. The second-order valence-corrected chi connectivity index (χ2v) is 9.46. The molecule has 13 heteroatoms. The average Bonchev–Trinajstić information content (AvgIpc) is 3.32. The lowest BCUT2D eigenvalue weighted by Gasteiger charge is -2.36. The summed E-state index contributed by atoms with van der Waals surface area (Å²) in [5.74, 6) is 1.06. The Kier molecular flexibility index (Phi) is 6.37. The molecule has 0 aliphatic carbocycles. The summed E-state index contributed by atoms with van der Waals surface area (Å²) in [6.45, 7) is 4.70. The minimum atomic E-state index is -4.52. The van der Waals surface area contributed by atoms with Gasteiger partial charge in [-0.2, -0.15) is 23.4 Å². The lowest BCUT2D eigenvalue weighted by molar-refractivity contribution is -0.137. The summed E-state index contributed by atoms with van der Waals surface area (Å²) in [6, 6.07) is 4.69. The van der Waals surface area contributed by atoms with E-state index in [1.807, 2.05) is 19.4 Å². The zero-order valence-corrected chi connectivity index (χ0v) is 21.2. The normalized spacial score (nSPS) is 15.2. The van der Waals surface area contributed by atoms with Crippen molar-refractivity contribution in [3.63, 3.8) is 0 Å². The zero-order valence-electron chi connectivity index (χ0n) is 21.2. The molecule has 38 heavy (non-hydrogen) atoms. The highest BCUT2D eigenvalue weighted by atomic mass is 19.4. The van der Waals surface area contributed by atoms with E-state index in [0.29, 0.717) is 41.1 Å². The van der Waals surface area contributed by atoms with Crippen LogP contribution in [0.3, 0.4) is 0 Å². The van der Waals surface area contributed by atoms with Crippen molar-refractivity contribution < 1.29 is 13.2 Å². The number of nitrogens with zero attached hydrogens (tertiary/aromatic N) is 7. The number of nitrogens with one attached hydrogen (secondary N) is 1. The van der Waals surface area contributed by atoms with Crippen molar-refractivity contribution in [3.05, 3.63) is 64.3 Å². The molecule has 0 amide bonds. The number of hydrogen-bond acceptors (Lipinski definition) is 8. The number of piperazine rings is 1. The summed E-state index contributed by atoms with van der Waals surface area (Å²) >= 11 is 0. The summed E-state index contributed by atoms with van der Waals surface area (Å²) in [4.78, 5) is 21.7. The Hall–Kier alpha value is -4.29. The molecule has 200 valence electrons. The van der Waals surface area contributed by atoms with Crippen molar-refractivity contribution in [3.8, 4) is 0 Å². The first-order chi connectivity index (χ1) is 18.0. The molecule has 0 spiro atoms. The SMILES string of the molecule is C[C@@H](Nc1nn(C)c(=O)c2cnc(N3CCN(c4cnn(C)c4)CC3)cc12)c1cc(N)cc(C(F)(F)F)c1. The predicted octanol–water partition coefficient (Wildman–Crippen LogP) is 3.16. The largest absolute Gasteiger partial charge is 0.416 e. The van der Waals surface area contributed by atoms with Crippen LogP contribution in [0.2, 0.25) is 0 Å². The van der Waals surface area contributed by atoms with Gasteiger partial charge in [0, 0.05) is 63.7 Å². The quantitative estimate of drug-likeness (QED) is 0.381. The molecule has 4 heterocycles. The van der Waals surface area contributed by atoms with Gasteiger partial charge in [0.25, 0.3) is 5.56 Å². The van der Waals surface area contributed by atoms with E-state index in [4.69, 9.17) is 5.73 Å². The monoisotopic (exact) mass is 527 g/mol. The van der Waals surface area contributed by atoms with Gasteiger partial charge in [-0.25, -0.2) is 9.67 Å². The van der Waals surface area contributed by atoms with E-state index in [-0.39, 0.29) is 11.2 Å². The number of anilines is 4. The summed E-state index contributed by atoms with van der Waals surface area (Å²) in [7, 11) is 3.40. The first kappa shape index (κ1) is 25.4. The second-order valence-electron chi connectivity index (χ2n) is 9.46. The maximum absolute atomic E-state index is 13.3. The molecular formula is C25H28F3N9O. The third-order valence-corrected chi connectivity index (χ3v) is 6.74. The summed E-state index contributed by atoms with van der Waals surface area (Å²) in [5.41, 5.74) is 6.04. The van der Waals surface area contributed by atoms with Crippen LogP contribution >= 0.6 is 0 Å². The van der Waals surface area contributed by atoms with Gasteiger partial charge >= 0.3 is 6.18 Å². The maximum Gasteiger partial charge on any atom is 0.416 e. The van der Waals surface area contributed by atoms with Crippen LogP contribution in [0, 0.1) is 0 Å². The van der Waals surface area contributed by atoms with E-state index in [1.165, 1.54) is 24.0 Å². The molecule has 5 rings (SSSR count). The molecule has 0 bridgehead atoms. The molecule has 1 atom stereocenters. The van der Waals surface area contributed by atoms with Crippen LogP contribution in [-0.2, 0) is 20.3 Å². The molecule has 4 aromatic rings. The van der Waals surface area contributed by atoms with Crippen molar-refractivity contribution in [2.24, 2.45) is 14.1 Å². The van der Waals surface area contributed by atoms with Gasteiger partial charge in [-0.05, 0) is 36.8 Å². The number of benzene rings is 1. The Morgan fingerprint density at radius 3 is 2.37 bits per heavy atom. The molecule has 0 saturated carbocycles. The number of nitrogens with two attached hydrogens (primary N) is 1. The Bertz CT molecular complexity index is 1540. The van der Waals surface area contributed by atoms with E-state index in [2.05, 4.69) is 30.3 Å². The molecule has 1 saturated heterocycles. The molecule has 3 aromatic heterocycles. The van der Waals surface area contributed by atoms with Crippen LogP contribution < -0.4 is 26.4 Å². The standard InChI is InChI=1S/C25H28F3N9O/c1-15(16-8-17(25(26,27)28)10-18(29)9-16)32-23-20-11-22(30-13-21(20)24(38)35(3)33-23)37-6-4-36(5-7-37)19-12-31-34(2)14-19/h8-15H,4-7,29H2,1-3H3,(H,32,33)/t15-/m1/s1. The maximum atomic E-state index is 13.3. The lowest BCUT2D eigenvalue weighted by Crippen LogP contribution is -2.46. The number of fused-ring (bicyclic) bond motifs is 1. The van der Waals surface area contributed by atoms with Crippen molar-refractivity contribution in [1.29, 1.82) is 0 Å². The van der Waals surface area contributed by atoms with Crippen LogP contribution in [0.4, 0.5) is 36.2 Å². The lowest BCUT2D eigenvalue weighted by atomic mass is 10.0. The molecule has 1 aliphatic rings. The van der Waals surface area contributed by atoms with Crippen molar-refractivity contribution >= 4 is 33.8 Å². The molecule has 1 aliphatic heterocycles. The third kappa shape index (κ3) is 4.95. The number of halogens is 3. The van der Waals surface area contributed by atoms with Gasteiger partial charge in [0.1, 0.15) is 5.82 Å². The topological polar surface area (TPSA) is 110 Å². The molecule has 0 radical (unpaired) electrons. The molecular weight excluding hydrogens is 499 g/mol. The molecule has 1 aromatic carbocycles. The van der Waals surface area contributed by atoms with Gasteiger partial charge in [-0.1, -0.05) is 0 Å². The van der Waals surface area contributed by atoms with Gasteiger partial charge in [0.2, 0.25) is 0 Å². The number of hydrogen-bond donors (Lipinski definition) is 2. The van der Waals surface area contributed by atoms with Crippen molar-refractivity contribution in [2.45, 2.75) is 19.1 Å². The Labute approximate surface area is 216 Å². The van der Waals surface area contributed by atoms with E-state index < -0.39 is 17.8 Å². The molecule has 1 fully saturated rings. The average molecular weight is 528 g/mol. The van der Waals surface area contributed by atoms with Gasteiger partial charge in [0.05, 0.1) is 28.9 Å². The van der Waals surface area contributed by atoms with E-state index >= 15 is 0 Å². The molecule has 3 N–H and O–H groups in total. The van der Waals surface area contributed by atoms with Gasteiger partial charge < -0.3 is 20.9 Å². The van der Waals surface area contributed by atoms with Crippen molar-refractivity contribution in [1.82, 2.24) is 24.5 Å². The zero-order chi connectivity index (χ0) is 27.2. The van der Waals surface area contributed by atoms with Gasteiger partial charge in [0.15, 0.2) is 5.82 Å². The van der Waals surface area contributed by atoms with E-state index in [0.717, 1.165) is 30.9 Å². The van der Waals surface area contributed by atoms with E-state index in [1.54, 1.807) is 17.7 Å². The van der Waals surface area contributed by atoms with Crippen LogP contribution in [0.25, 0.3) is 10.8 Å². The summed E-state index contributed by atoms with van der Waals surface area (Å²) in [6.07, 6.45) is 0.818. The minimum Gasteiger partial charge on any atom is -0.399 e. The van der Waals surface area contributed by atoms with Crippen LogP contribution in [0.5, 0.6) is 0 Å². The number of pyridine rings is 1. The smallest absolute Gasteiger partial charge is 0.399 e. The minimum absolute atomic E-state index is 0.0127. The first-order valence-electron chi connectivity index (χ1n) is 12.1. The third-order valence-electron chi connectivity index (χ3n) is 6.74. The number of aromatic nitrogens is 5. The van der Waals surface area contributed by atoms with E-state index in [9.17, 15) is 18.0 Å². The summed E-state index contributed by atoms with van der Waals surface area (Å²) < 4.78 is 43.0. The Balaban J connectivity index is 1.43. The number of aryl methyl sites for hydroxylation is 2. The fourth-order valence-electron chi connectivity index (χ4n) is 4.66. The highest BCUT2D eigenvalue weighted by Crippen LogP contribution is 2.34. The number of alkyl halides is 3. The van der Waals surface area contributed by atoms with Crippen LogP contribution in [0.15, 0.2) is 47.7 Å². The Morgan fingerprint density at radius 2 is 1.71 bits per heavy atom. The highest BCUT2D eigenvalue weighted by molar-refractivity contribution is 5.92. The number of rotatable bonds is 5. The van der Waals surface area contributed by atoms with Gasteiger partial charge in [-0.3, -0.25) is 9.48 Å². The molecule has 10 nitrogen and oxygen atoms in total. The first-order valence-corrected chi connectivity index (χ1v) is 12.1. The highest BCUT2D eigenvalue weighted by Gasteiger charge is 2.31. The number of nitrogen functional groups attached to an aromatic ring is 1. The van der Waals surface area contributed by atoms with Crippen molar-refractivity contribution in [2.75, 3.05) is 47.0 Å². The summed E-state index contributed by atoms with van der Waals surface area (Å²) in [5, 5.41) is 12.7. The predicted molar refractivity (Wildman–Crippen MR) is 140 cm³/mol. The van der Waals surface area contributed by atoms with Crippen LogP contribution in [0.1, 0.15) is 24.1 Å². The molecule has 0 unspecified atom stereocenters.